The molecule has 1 atom stereocenters. The lowest BCUT2D eigenvalue weighted by Gasteiger charge is -2.13. The van der Waals surface area contributed by atoms with Crippen LogP contribution in [0.3, 0.4) is 0 Å². The van der Waals surface area contributed by atoms with Crippen LogP contribution < -0.4 is 5.73 Å². The third-order valence-electron chi connectivity index (χ3n) is 3.17. The second-order valence-electron chi connectivity index (χ2n) is 4.41. The molecule has 4 nitrogen and oxygen atoms in total. The summed E-state index contributed by atoms with van der Waals surface area (Å²) in [6, 6.07) is 11.5. The summed E-state index contributed by atoms with van der Waals surface area (Å²) in [5.74, 6) is 0. The maximum Gasteiger partial charge on any atom is 0.0912 e. The number of halogens is 1. The summed E-state index contributed by atoms with van der Waals surface area (Å²) in [6.07, 6.45) is 1.60. The van der Waals surface area contributed by atoms with Crippen molar-refractivity contribution in [1.82, 2.24) is 14.8 Å². The first-order valence-corrected chi connectivity index (χ1v) is 6.33. The molecule has 0 aliphatic carbocycles. The van der Waals surface area contributed by atoms with E-state index in [2.05, 4.69) is 10.1 Å². The van der Waals surface area contributed by atoms with Crippen LogP contribution in [0.2, 0.25) is 5.02 Å². The minimum Gasteiger partial charge on any atom is -0.318 e. The van der Waals surface area contributed by atoms with Crippen LogP contribution in [0.1, 0.15) is 17.4 Å². The molecule has 0 aliphatic rings. The molecule has 0 spiro atoms. The highest BCUT2D eigenvalue weighted by Crippen LogP contribution is 2.25. The molecule has 5 heteroatoms. The van der Waals surface area contributed by atoms with E-state index in [-0.39, 0.29) is 6.04 Å². The number of aromatic nitrogens is 3. The number of benzene rings is 1. The largest absolute Gasteiger partial charge is 0.318 e. The van der Waals surface area contributed by atoms with Gasteiger partial charge in [0.05, 0.1) is 34.2 Å². The Morgan fingerprint density at radius 3 is 2.74 bits per heavy atom. The molecule has 1 unspecified atom stereocenters. The summed E-state index contributed by atoms with van der Waals surface area (Å²) < 4.78 is 1.68. The van der Waals surface area contributed by atoms with Gasteiger partial charge in [-0.05, 0) is 12.1 Å². The van der Waals surface area contributed by atoms with Crippen molar-refractivity contribution in [2.24, 2.45) is 12.8 Å². The van der Waals surface area contributed by atoms with Gasteiger partial charge in [0.25, 0.3) is 0 Å². The van der Waals surface area contributed by atoms with E-state index < -0.39 is 0 Å². The highest BCUT2D eigenvalue weighted by atomic mass is 35.5. The molecule has 0 saturated carbocycles. The number of para-hydroxylation sites is 1. The lowest BCUT2D eigenvalue weighted by atomic mass is 10.1. The van der Waals surface area contributed by atoms with E-state index in [1.54, 1.807) is 10.9 Å². The fraction of sp³-hybridized carbons (Fsp3) is 0.143. The minimum absolute atomic E-state index is 0.385. The van der Waals surface area contributed by atoms with Crippen LogP contribution in [-0.4, -0.2) is 14.8 Å². The maximum atomic E-state index is 6.25. The van der Waals surface area contributed by atoms with Gasteiger partial charge in [0.1, 0.15) is 0 Å². The Morgan fingerprint density at radius 2 is 2.00 bits per heavy atom. The standard InChI is InChI=1S/C14H13ClN4/c1-19-14(10(15)8-17-19)13(16)12-7-6-9-4-2-3-5-11(9)18-12/h2-8,13H,16H2,1H3. The number of fused-ring (bicyclic) bond motifs is 1. The summed E-state index contributed by atoms with van der Waals surface area (Å²) in [7, 11) is 1.82. The lowest BCUT2D eigenvalue weighted by molar-refractivity contribution is 0.665. The summed E-state index contributed by atoms with van der Waals surface area (Å²) in [5.41, 5.74) is 8.72. The molecule has 19 heavy (non-hydrogen) atoms. The highest BCUT2D eigenvalue weighted by Gasteiger charge is 2.18. The number of nitrogens with two attached hydrogens (primary N) is 1. The van der Waals surface area contributed by atoms with Crippen LogP contribution in [0.5, 0.6) is 0 Å². The molecule has 2 N–H and O–H groups in total. The summed E-state index contributed by atoms with van der Waals surface area (Å²) in [6.45, 7) is 0. The number of aryl methyl sites for hydroxylation is 1. The second kappa shape index (κ2) is 4.64. The van der Waals surface area contributed by atoms with Gasteiger partial charge in [-0.25, -0.2) is 0 Å². The van der Waals surface area contributed by atoms with Gasteiger partial charge < -0.3 is 5.73 Å². The van der Waals surface area contributed by atoms with Crippen molar-refractivity contribution in [3.8, 4) is 0 Å². The summed E-state index contributed by atoms with van der Waals surface area (Å²) in [4.78, 5) is 4.59. The molecule has 2 aromatic heterocycles. The first-order chi connectivity index (χ1) is 9.16. The molecule has 0 radical (unpaired) electrons. The number of hydrogen-bond acceptors (Lipinski definition) is 3. The molecule has 2 heterocycles. The van der Waals surface area contributed by atoms with Crippen LogP contribution in [0.25, 0.3) is 10.9 Å². The van der Waals surface area contributed by atoms with Gasteiger partial charge in [-0.1, -0.05) is 35.9 Å². The Bertz CT molecular complexity index is 716. The molecule has 1 aromatic carbocycles. The number of hydrogen-bond donors (Lipinski definition) is 1. The maximum absolute atomic E-state index is 6.25. The normalized spacial score (nSPS) is 12.8. The van der Waals surface area contributed by atoms with Gasteiger partial charge in [0, 0.05) is 12.4 Å². The molecule has 96 valence electrons. The molecular formula is C14H13ClN4. The van der Waals surface area contributed by atoms with E-state index >= 15 is 0 Å². The number of nitrogens with zero attached hydrogens (tertiary/aromatic N) is 3. The Kier molecular flexibility index (Phi) is 2.97. The first-order valence-electron chi connectivity index (χ1n) is 5.95. The first kappa shape index (κ1) is 12.1. The predicted octanol–water partition coefficient (Wildman–Crippen LogP) is 2.67. The summed E-state index contributed by atoms with van der Waals surface area (Å²) in [5, 5.41) is 5.75. The van der Waals surface area contributed by atoms with E-state index in [0.29, 0.717) is 5.02 Å². The molecule has 0 aliphatic heterocycles. The summed E-state index contributed by atoms with van der Waals surface area (Å²) >= 11 is 6.12. The van der Waals surface area contributed by atoms with Gasteiger partial charge in [-0.2, -0.15) is 5.10 Å². The van der Waals surface area contributed by atoms with Gasteiger partial charge in [0.15, 0.2) is 0 Å². The topological polar surface area (TPSA) is 56.7 Å². The Balaban J connectivity index is 2.09. The van der Waals surface area contributed by atoms with Crippen molar-refractivity contribution in [1.29, 1.82) is 0 Å². The number of pyridine rings is 1. The number of rotatable bonds is 2. The van der Waals surface area contributed by atoms with E-state index in [1.807, 2.05) is 43.4 Å². The molecule has 0 saturated heterocycles. The fourth-order valence-electron chi connectivity index (χ4n) is 2.17. The van der Waals surface area contributed by atoms with Crippen molar-refractivity contribution in [3.05, 3.63) is 59.0 Å². The monoisotopic (exact) mass is 272 g/mol. The third kappa shape index (κ3) is 2.09. The molecule has 0 bridgehead atoms. The predicted molar refractivity (Wildman–Crippen MR) is 76.0 cm³/mol. The van der Waals surface area contributed by atoms with Crippen molar-refractivity contribution >= 4 is 22.5 Å². The van der Waals surface area contributed by atoms with E-state index in [0.717, 1.165) is 22.3 Å². The third-order valence-corrected chi connectivity index (χ3v) is 3.46. The molecular weight excluding hydrogens is 260 g/mol. The fourth-order valence-corrected chi connectivity index (χ4v) is 2.45. The van der Waals surface area contributed by atoms with Crippen molar-refractivity contribution in [2.45, 2.75) is 6.04 Å². The van der Waals surface area contributed by atoms with Gasteiger partial charge in [-0.15, -0.1) is 0 Å². The van der Waals surface area contributed by atoms with Crippen LogP contribution in [0, 0.1) is 0 Å². The quantitative estimate of drug-likeness (QED) is 0.780. The zero-order chi connectivity index (χ0) is 13.4. The van der Waals surface area contributed by atoms with Gasteiger partial charge in [0.2, 0.25) is 0 Å². The van der Waals surface area contributed by atoms with Crippen molar-refractivity contribution in [2.75, 3.05) is 0 Å². The SMILES string of the molecule is Cn1ncc(Cl)c1C(N)c1ccc2ccccc2n1. The molecule has 3 rings (SSSR count). The smallest absolute Gasteiger partial charge is 0.0912 e. The van der Waals surface area contributed by atoms with E-state index in [1.165, 1.54) is 0 Å². The van der Waals surface area contributed by atoms with Crippen LogP contribution in [0.4, 0.5) is 0 Å². The zero-order valence-corrected chi connectivity index (χ0v) is 11.2. The van der Waals surface area contributed by atoms with E-state index in [4.69, 9.17) is 17.3 Å². The van der Waals surface area contributed by atoms with Gasteiger partial charge >= 0.3 is 0 Å². The average Bonchev–Trinajstić information content (AvgIpc) is 2.77. The van der Waals surface area contributed by atoms with Crippen LogP contribution in [0.15, 0.2) is 42.6 Å². The highest BCUT2D eigenvalue weighted by molar-refractivity contribution is 6.31. The van der Waals surface area contributed by atoms with Gasteiger partial charge in [-0.3, -0.25) is 9.67 Å². The lowest BCUT2D eigenvalue weighted by Crippen LogP contribution is -2.17. The van der Waals surface area contributed by atoms with Crippen molar-refractivity contribution in [3.63, 3.8) is 0 Å². The average molecular weight is 273 g/mol. The van der Waals surface area contributed by atoms with Crippen molar-refractivity contribution < 1.29 is 0 Å². The van der Waals surface area contributed by atoms with Crippen LogP contribution >= 0.6 is 11.6 Å². The Labute approximate surface area is 115 Å². The Hall–Kier alpha value is -1.91. The molecule has 0 amide bonds. The second-order valence-corrected chi connectivity index (χ2v) is 4.82. The van der Waals surface area contributed by atoms with E-state index in [9.17, 15) is 0 Å². The minimum atomic E-state index is -0.385. The molecule has 3 aromatic rings. The Morgan fingerprint density at radius 1 is 1.21 bits per heavy atom. The zero-order valence-electron chi connectivity index (χ0n) is 10.4. The van der Waals surface area contributed by atoms with Crippen LogP contribution in [-0.2, 0) is 7.05 Å². The molecule has 0 fully saturated rings.